The molecule has 0 aliphatic carbocycles. The predicted octanol–water partition coefficient (Wildman–Crippen LogP) is 3.67. The van der Waals surface area contributed by atoms with Gasteiger partial charge in [0.05, 0.1) is 23.2 Å². The molecule has 154 valence electrons. The SMILES string of the molecule is CCNC(=NCCc1csc(C(C)C)n1)N1CCCC(C(=O)OCC)C1.I. The van der Waals surface area contributed by atoms with Gasteiger partial charge in [-0.05, 0) is 26.7 Å². The van der Waals surface area contributed by atoms with Crippen LogP contribution in [0.4, 0.5) is 0 Å². The monoisotopic (exact) mass is 508 g/mol. The number of ether oxygens (including phenoxy) is 1. The van der Waals surface area contributed by atoms with E-state index in [4.69, 9.17) is 9.73 Å². The van der Waals surface area contributed by atoms with Crippen molar-refractivity contribution in [2.75, 3.05) is 32.8 Å². The van der Waals surface area contributed by atoms with E-state index in [0.717, 1.165) is 44.0 Å². The third-order valence-electron chi connectivity index (χ3n) is 4.37. The molecule has 8 heteroatoms. The molecule has 1 fully saturated rings. The van der Waals surface area contributed by atoms with E-state index in [9.17, 15) is 4.79 Å². The zero-order valence-corrected chi connectivity index (χ0v) is 20.0. The molecule has 1 aromatic heterocycles. The standard InChI is InChI=1S/C19H32N4O2S.HI/c1-5-20-19(21-10-9-16-13-26-17(22-16)14(3)4)23-11-7-8-15(12-23)18(24)25-6-2;/h13-15H,5-12H2,1-4H3,(H,20,21);1H. The maximum absolute atomic E-state index is 12.1. The molecule has 1 atom stereocenters. The maximum atomic E-state index is 12.1. The number of likely N-dealkylation sites (tertiary alicyclic amines) is 1. The molecule has 1 aliphatic rings. The average molecular weight is 508 g/mol. The molecule has 1 aromatic rings. The highest BCUT2D eigenvalue weighted by Crippen LogP contribution is 2.20. The Morgan fingerprint density at radius 3 is 2.89 bits per heavy atom. The van der Waals surface area contributed by atoms with Crippen LogP contribution < -0.4 is 5.32 Å². The number of nitrogens with zero attached hydrogens (tertiary/aromatic N) is 3. The summed E-state index contributed by atoms with van der Waals surface area (Å²) in [6.45, 7) is 11.8. The van der Waals surface area contributed by atoms with Crippen LogP contribution in [0.2, 0.25) is 0 Å². The first-order valence-corrected chi connectivity index (χ1v) is 10.6. The Labute approximate surface area is 184 Å². The lowest BCUT2D eigenvalue weighted by Crippen LogP contribution is -2.48. The lowest BCUT2D eigenvalue weighted by atomic mass is 9.98. The highest BCUT2D eigenvalue weighted by Gasteiger charge is 2.28. The summed E-state index contributed by atoms with van der Waals surface area (Å²) in [7, 11) is 0. The van der Waals surface area contributed by atoms with E-state index < -0.39 is 0 Å². The molecule has 0 aromatic carbocycles. The molecular formula is C19H33IN4O2S. The van der Waals surface area contributed by atoms with Crippen LogP contribution in [-0.2, 0) is 16.0 Å². The normalized spacial score (nSPS) is 17.6. The van der Waals surface area contributed by atoms with Crippen molar-refractivity contribution < 1.29 is 9.53 Å². The van der Waals surface area contributed by atoms with Crippen LogP contribution in [0.25, 0.3) is 0 Å². The number of hydrogen-bond donors (Lipinski definition) is 1. The van der Waals surface area contributed by atoms with Crippen LogP contribution in [-0.4, -0.2) is 54.6 Å². The molecule has 2 heterocycles. The summed E-state index contributed by atoms with van der Waals surface area (Å²) in [6.07, 6.45) is 2.72. The van der Waals surface area contributed by atoms with E-state index in [-0.39, 0.29) is 35.9 Å². The van der Waals surface area contributed by atoms with Gasteiger partial charge in [0.15, 0.2) is 5.96 Å². The molecule has 0 amide bonds. The number of thiazole rings is 1. The maximum Gasteiger partial charge on any atom is 0.310 e. The van der Waals surface area contributed by atoms with Gasteiger partial charge in [-0.2, -0.15) is 0 Å². The van der Waals surface area contributed by atoms with Gasteiger partial charge >= 0.3 is 5.97 Å². The molecule has 27 heavy (non-hydrogen) atoms. The lowest BCUT2D eigenvalue weighted by molar-refractivity contribution is -0.149. The number of halogens is 1. The first kappa shape index (κ1) is 24.1. The number of rotatable bonds is 7. The van der Waals surface area contributed by atoms with E-state index in [0.29, 0.717) is 25.6 Å². The minimum Gasteiger partial charge on any atom is -0.466 e. The van der Waals surface area contributed by atoms with Crippen LogP contribution in [0.15, 0.2) is 10.4 Å². The van der Waals surface area contributed by atoms with Gasteiger partial charge < -0.3 is 15.0 Å². The first-order chi connectivity index (χ1) is 12.5. The number of esters is 1. The fraction of sp³-hybridized carbons (Fsp3) is 0.737. The van der Waals surface area contributed by atoms with E-state index in [1.807, 2.05) is 6.92 Å². The summed E-state index contributed by atoms with van der Waals surface area (Å²) >= 11 is 1.73. The van der Waals surface area contributed by atoms with Crippen molar-refractivity contribution in [3.05, 3.63) is 16.1 Å². The molecule has 1 saturated heterocycles. The van der Waals surface area contributed by atoms with Crippen LogP contribution in [0.1, 0.15) is 57.2 Å². The van der Waals surface area contributed by atoms with Crippen LogP contribution in [0.5, 0.6) is 0 Å². The smallest absolute Gasteiger partial charge is 0.310 e. The first-order valence-electron chi connectivity index (χ1n) is 9.69. The Morgan fingerprint density at radius 2 is 2.26 bits per heavy atom. The topological polar surface area (TPSA) is 66.8 Å². The number of carbonyl (C=O) groups excluding carboxylic acids is 1. The van der Waals surface area contributed by atoms with Gasteiger partial charge in [-0.3, -0.25) is 9.79 Å². The fourth-order valence-corrected chi connectivity index (χ4v) is 3.90. The molecule has 1 N–H and O–H groups in total. The number of carbonyl (C=O) groups is 1. The van der Waals surface area contributed by atoms with E-state index in [2.05, 4.69) is 41.4 Å². The Morgan fingerprint density at radius 1 is 1.48 bits per heavy atom. The van der Waals surface area contributed by atoms with Crippen molar-refractivity contribution in [1.82, 2.24) is 15.2 Å². The Bertz CT molecular complexity index is 606. The summed E-state index contributed by atoms with van der Waals surface area (Å²) in [5.41, 5.74) is 1.11. The molecule has 1 aliphatic heterocycles. The van der Waals surface area contributed by atoms with E-state index in [1.165, 1.54) is 5.01 Å². The van der Waals surface area contributed by atoms with Gasteiger partial charge in [-0.25, -0.2) is 4.98 Å². The number of guanidine groups is 1. The van der Waals surface area contributed by atoms with Crippen molar-refractivity contribution >= 4 is 47.2 Å². The molecule has 0 radical (unpaired) electrons. The number of aromatic nitrogens is 1. The largest absolute Gasteiger partial charge is 0.466 e. The van der Waals surface area contributed by atoms with E-state index >= 15 is 0 Å². The Balaban J connectivity index is 0.00000364. The third-order valence-corrected chi connectivity index (χ3v) is 5.56. The summed E-state index contributed by atoms with van der Waals surface area (Å²) in [4.78, 5) is 23.7. The van der Waals surface area contributed by atoms with Gasteiger partial charge in [0, 0.05) is 43.9 Å². The van der Waals surface area contributed by atoms with Crippen LogP contribution in [0.3, 0.4) is 0 Å². The predicted molar refractivity (Wildman–Crippen MR) is 122 cm³/mol. The van der Waals surface area contributed by atoms with Gasteiger partial charge in [0.25, 0.3) is 0 Å². The second-order valence-corrected chi connectivity index (χ2v) is 7.74. The molecule has 2 rings (SSSR count). The molecule has 0 saturated carbocycles. The van der Waals surface area contributed by atoms with Crippen LogP contribution in [0, 0.1) is 5.92 Å². The second-order valence-electron chi connectivity index (χ2n) is 6.85. The number of nitrogens with one attached hydrogen (secondary N) is 1. The second kappa shape index (κ2) is 12.5. The molecule has 1 unspecified atom stereocenters. The average Bonchev–Trinajstić information content (AvgIpc) is 3.10. The highest BCUT2D eigenvalue weighted by molar-refractivity contribution is 14.0. The molecule has 6 nitrogen and oxygen atoms in total. The van der Waals surface area contributed by atoms with Crippen molar-refractivity contribution in [1.29, 1.82) is 0 Å². The molecule has 0 bridgehead atoms. The fourth-order valence-electron chi connectivity index (χ4n) is 3.03. The third kappa shape index (κ3) is 7.56. The zero-order chi connectivity index (χ0) is 18.9. The van der Waals surface area contributed by atoms with Crippen molar-refractivity contribution in [2.24, 2.45) is 10.9 Å². The Kier molecular flexibility index (Phi) is 11.2. The van der Waals surface area contributed by atoms with E-state index in [1.54, 1.807) is 11.3 Å². The number of hydrogen-bond acceptors (Lipinski definition) is 5. The zero-order valence-electron chi connectivity index (χ0n) is 16.9. The van der Waals surface area contributed by atoms with Crippen LogP contribution >= 0.6 is 35.3 Å². The Hall–Kier alpha value is -0.900. The summed E-state index contributed by atoms with van der Waals surface area (Å²) in [6, 6.07) is 0. The van der Waals surface area contributed by atoms with Gasteiger partial charge in [0.1, 0.15) is 0 Å². The summed E-state index contributed by atoms with van der Waals surface area (Å²) in [5, 5.41) is 6.68. The molecular weight excluding hydrogens is 475 g/mol. The van der Waals surface area contributed by atoms with Crippen molar-refractivity contribution in [2.45, 2.75) is 52.9 Å². The van der Waals surface area contributed by atoms with Crippen molar-refractivity contribution in [3.63, 3.8) is 0 Å². The minimum atomic E-state index is -0.0864. The minimum absolute atomic E-state index is 0. The van der Waals surface area contributed by atoms with Gasteiger partial charge in [-0.15, -0.1) is 35.3 Å². The highest BCUT2D eigenvalue weighted by atomic mass is 127. The lowest BCUT2D eigenvalue weighted by Gasteiger charge is -2.34. The van der Waals surface area contributed by atoms with Gasteiger partial charge in [0.2, 0.25) is 0 Å². The van der Waals surface area contributed by atoms with Crippen molar-refractivity contribution in [3.8, 4) is 0 Å². The number of piperidine rings is 1. The quantitative estimate of drug-likeness (QED) is 0.264. The number of aliphatic imine (C=N–C) groups is 1. The summed E-state index contributed by atoms with van der Waals surface area (Å²) < 4.78 is 5.20. The summed E-state index contributed by atoms with van der Waals surface area (Å²) in [5.74, 6) is 1.22. The molecule has 0 spiro atoms. The van der Waals surface area contributed by atoms with Gasteiger partial charge in [-0.1, -0.05) is 13.8 Å².